The number of fused-ring (bicyclic) bond motifs is 1. The summed E-state index contributed by atoms with van der Waals surface area (Å²) in [6.45, 7) is 4.11. The third-order valence-corrected chi connectivity index (χ3v) is 4.00. The highest BCUT2D eigenvalue weighted by Gasteiger charge is 2.17. The summed E-state index contributed by atoms with van der Waals surface area (Å²) in [5.41, 5.74) is 4.68. The van der Waals surface area contributed by atoms with E-state index in [4.69, 9.17) is 0 Å². The number of benzene rings is 2. The molecular weight excluding hydrogens is 256 g/mol. The fraction of sp³-hybridized carbons (Fsp3) is 0.211. The van der Waals surface area contributed by atoms with Gasteiger partial charge in [0.2, 0.25) is 0 Å². The lowest BCUT2D eigenvalue weighted by atomic mass is 9.93. The fourth-order valence-corrected chi connectivity index (χ4v) is 2.98. The van der Waals surface area contributed by atoms with Crippen LogP contribution >= 0.6 is 0 Å². The number of aromatic nitrogens is 1. The highest BCUT2D eigenvalue weighted by molar-refractivity contribution is 5.86. The van der Waals surface area contributed by atoms with Crippen molar-refractivity contribution in [1.29, 1.82) is 0 Å². The van der Waals surface area contributed by atoms with Crippen LogP contribution in [0.3, 0.4) is 0 Å². The van der Waals surface area contributed by atoms with Gasteiger partial charge in [-0.05, 0) is 48.9 Å². The molecule has 0 saturated heterocycles. The maximum Gasteiger partial charge on any atom is 0.0598 e. The van der Waals surface area contributed by atoms with E-state index in [1.165, 1.54) is 21.9 Å². The van der Waals surface area contributed by atoms with Gasteiger partial charge < -0.3 is 5.32 Å². The van der Waals surface area contributed by atoms with Crippen molar-refractivity contribution in [1.82, 2.24) is 10.3 Å². The molecule has 0 aliphatic carbocycles. The topological polar surface area (TPSA) is 24.9 Å². The first kappa shape index (κ1) is 13.8. The Bertz CT molecular complexity index is 772. The molecule has 2 aromatic carbocycles. The van der Waals surface area contributed by atoms with E-state index in [2.05, 4.69) is 71.8 Å². The van der Waals surface area contributed by atoms with Crippen LogP contribution in [-0.2, 0) is 0 Å². The predicted octanol–water partition coefficient (Wildman–Crippen LogP) is 4.16. The van der Waals surface area contributed by atoms with Crippen LogP contribution in [-0.4, -0.2) is 12.0 Å². The minimum atomic E-state index is 0.157. The Morgan fingerprint density at radius 2 is 1.62 bits per heavy atom. The van der Waals surface area contributed by atoms with Crippen molar-refractivity contribution < 1.29 is 0 Å². The summed E-state index contributed by atoms with van der Waals surface area (Å²) < 4.78 is 0. The van der Waals surface area contributed by atoms with E-state index >= 15 is 0 Å². The molecule has 3 rings (SSSR count). The van der Waals surface area contributed by atoms with Crippen LogP contribution in [0.1, 0.15) is 28.6 Å². The molecule has 0 aliphatic heterocycles. The quantitative estimate of drug-likeness (QED) is 0.777. The van der Waals surface area contributed by atoms with Crippen LogP contribution in [0.15, 0.2) is 54.6 Å². The number of nitrogens with zero attached hydrogens (tertiary/aromatic N) is 1. The van der Waals surface area contributed by atoms with Crippen LogP contribution in [0.4, 0.5) is 0 Å². The van der Waals surface area contributed by atoms with Crippen LogP contribution < -0.4 is 5.32 Å². The zero-order chi connectivity index (χ0) is 14.8. The van der Waals surface area contributed by atoms with E-state index in [9.17, 15) is 0 Å². The summed E-state index contributed by atoms with van der Waals surface area (Å²) in [7, 11) is 2.01. The minimum Gasteiger partial charge on any atom is -0.309 e. The third-order valence-electron chi connectivity index (χ3n) is 4.00. The molecule has 1 aromatic heterocycles. The van der Waals surface area contributed by atoms with Gasteiger partial charge in [0.05, 0.1) is 6.04 Å². The van der Waals surface area contributed by atoms with Crippen molar-refractivity contribution >= 4 is 10.8 Å². The Hall–Kier alpha value is -2.19. The summed E-state index contributed by atoms with van der Waals surface area (Å²) in [5.74, 6) is 0. The molecule has 0 spiro atoms. The highest BCUT2D eigenvalue weighted by atomic mass is 14.9. The van der Waals surface area contributed by atoms with Gasteiger partial charge in [0.25, 0.3) is 0 Å². The summed E-state index contributed by atoms with van der Waals surface area (Å²) in [4.78, 5) is 4.61. The molecule has 0 aliphatic rings. The lowest BCUT2D eigenvalue weighted by molar-refractivity contribution is 0.687. The summed E-state index contributed by atoms with van der Waals surface area (Å²) in [5, 5.41) is 6.01. The van der Waals surface area contributed by atoms with Crippen molar-refractivity contribution in [3.63, 3.8) is 0 Å². The molecular formula is C19H20N2. The summed E-state index contributed by atoms with van der Waals surface area (Å²) >= 11 is 0. The molecule has 0 radical (unpaired) electrons. The predicted molar refractivity (Wildman–Crippen MR) is 88.6 cm³/mol. The van der Waals surface area contributed by atoms with Crippen LogP contribution in [0.2, 0.25) is 0 Å². The Kier molecular flexibility index (Phi) is 3.72. The fourth-order valence-electron chi connectivity index (χ4n) is 2.98. The van der Waals surface area contributed by atoms with E-state index in [0.717, 1.165) is 11.4 Å². The number of nitrogens with one attached hydrogen (secondary N) is 1. The normalized spacial score (nSPS) is 12.5. The van der Waals surface area contributed by atoms with Gasteiger partial charge in [-0.2, -0.15) is 0 Å². The molecule has 1 N–H and O–H groups in total. The van der Waals surface area contributed by atoms with Crippen molar-refractivity contribution in [2.24, 2.45) is 0 Å². The first-order valence-corrected chi connectivity index (χ1v) is 7.30. The number of aryl methyl sites for hydroxylation is 2. The molecule has 3 aromatic rings. The number of hydrogen-bond donors (Lipinski definition) is 1. The van der Waals surface area contributed by atoms with Gasteiger partial charge in [-0.25, -0.2) is 0 Å². The molecule has 21 heavy (non-hydrogen) atoms. The third kappa shape index (κ3) is 2.55. The average Bonchev–Trinajstić information content (AvgIpc) is 2.50. The highest BCUT2D eigenvalue weighted by Crippen LogP contribution is 2.29. The largest absolute Gasteiger partial charge is 0.309 e. The van der Waals surface area contributed by atoms with Gasteiger partial charge in [0, 0.05) is 11.4 Å². The number of pyridine rings is 1. The van der Waals surface area contributed by atoms with E-state index < -0.39 is 0 Å². The molecule has 106 valence electrons. The zero-order valence-corrected chi connectivity index (χ0v) is 12.7. The molecule has 2 nitrogen and oxygen atoms in total. The number of rotatable bonds is 3. The molecule has 1 atom stereocenters. The van der Waals surface area contributed by atoms with E-state index in [1.54, 1.807) is 0 Å². The van der Waals surface area contributed by atoms with E-state index in [1.807, 2.05) is 14.0 Å². The maximum atomic E-state index is 4.61. The van der Waals surface area contributed by atoms with E-state index in [0.29, 0.717) is 0 Å². The first-order valence-electron chi connectivity index (χ1n) is 7.30. The van der Waals surface area contributed by atoms with Gasteiger partial charge in [0.1, 0.15) is 0 Å². The van der Waals surface area contributed by atoms with Crippen molar-refractivity contribution in [3.8, 4) is 0 Å². The monoisotopic (exact) mass is 276 g/mol. The average molecular weight is 276 g/mol. The van der Waals surface area contributed by atoms with Gasteiger partial charge in [-0.1, -0.05) is 48.5 Å². The molecule has 1 heterocycles. The zero-order valence-electron chi connectivity index (χ0n) is 12.7. The molecule has 0 saturated carbocycles. The minimum absolute atomic E-state index is 0.157. The van der Waals surface area contributed by atoms with Crippen molar-refractivity contribution in [2.45, 2.75) is 19.9 Å². The lowest BCUT2D eigenvalue weighted by Gasteiger charge is -2.21. The first-order chi connectivity index (χ1) is 10.2. The second-order valence-electron chi connectivity index (χ2n) is 5.42. The smallest absolute Gasteiger partial charge is 0.0598 e. The van der Waals surface area contributed by atoms with Crippen LogP contribution in [0.5, 0.6) is 0 Å². The second kappa shape index (κ2) is 5.66. The van der Waals surface area contributed by atoms with E-state index in [-0.39, 0.29) is 6.04 Å². The van der Waals surface area contributed by atoms with Gasteiger partial charge in [0.15, 0.2) is 0 Å². The molecule has 1 unspecified atom stereocenters. The van der Waals surface area contributed by atoms with Crippen LogP contribution in [0.25, 0.3) is 10.8 Å². The van der Waals surface area contributed by atoms with Crippen LogP contribution in [0, 0.1) is 13.8 Å². The second-order valence-corrected chi connectivity index (χ2v) is 5.42. The molecule has 0 bridgehead atoms. The maximum absolute atomic E-state index is 4.61. The van der Waals surface area contributed by atoms with Gasteiger partial charge in [-0.15, -0.1) is 0 Å². The van der Waals surface area contributed by atoms with Crippen molar-refractivity contribution in [2.75, 3.05) is 7.05 Å². The molecule has 2 heteroatoms. The summed E-state index contributed by atoms with van der Waals surface area (Å²) in [6, 6.07) is 19.4. The Morgan fingerprint density at radius 1 is 0.857 bits per heavy atom. The Morgan fingerprint density at radius 3 is 2.38 bits per heavy atom. The summed E-state index contributed by atoms with van der Waals surface area (Å²) in [6.07, 6.45) is 0. The molecule has 0 fully saturated rings. The SMILES string of the molecule is CNC(c1ccc(C)nc1C)c1cccc2ccccc12. The van der Waals surface area contributed by atoms with Gasteiger partial charge in [-0.3, -0.25) is 4.98 Å². The Labute approximate surface area is 125 Å². The standard InChI is InChI=1S/C19H20N2/c1-13-11-12-16(14(2)21-13)19(20-3)18-10-6-8-15-7-4-5-9-17(15)18/h4-12,19-20H,1-3H3. The van der Waals surface area contributed by atoms with Crippen molar-refractivity contribution in [3.05, 3.63) is 77.1 Å². The number of hydrogen-bond acceptors (Lipinski definition) is 2. The van der Waals surface area contributed by atoms with Gasteiger partial charge >= 0.3 is 0 Å². The Balaban J connectivity index is 2.18. The molecule has 0 amide bonds. The lowest BCUT2D eigenvalue weighted by Crippen LogP contribution is -2.19.